The molecule has 0 amide bonds. The predicted octanol–water partition coefficient (Wildman–Crippen LogP) is 7.13. The number of unbranched alkanes of at least 4 members (excludes halogenated alkanes) is 8. The van der Waals surface area contributed by atoms with Gasteiger partial charge in [0.05, 0.1) is 38.7 Å². The number of cyclic esters (lactones) is 1. The van der Waals surface area contributed by atoms with E-state index in [-0.39, 0.29) is 43.5 Å². The van der Waals surface area contributed by atoms with Crippen LogP contribution in [0.5, 0.6) is 0 Å². The van der Waals surface area contributed by atoms with Crippen LogP contribution in [0, 0.1) is 11.3 Å². The van der Waals surface area contributed by atoms with Gasteiger partial charge in [-0.2, -0.15) is 0 Å². The van der Waals surface area contributed by atoms with Crippen LogP contribution in [0.4, 0.5) is 5.69 Å². The maximum atomic E-state index is 14.9. The van der Waals surface area contributed by atoms with E-state index in [2.05, 4.69) is 76.8 Å². The lowest BCUT2D eigenvalue weighted by Crippen LogP contribution is -2.40. The van der Waals surface area contributed by atoms with E-state index in [0.29, 0.717) is 22.9 Å². The van der Waals surface area contributed by atoms with Crippen molar-refractivity contribution in [2.75, 3.05) is 32.0 Å². The molecule has 117 heavy (non-hydrogen) atoms. The number of aliphatic hydroxyl groups is 15. The van der Waals surface area contributed by atoms with Gasteiger partial charge < -0.3 is 118 Å². The molecule has 0 spiro atoms. The molecule has 2 aromatic carbocycles. The number of carbonyl (C=O) groups is 6. The van der Waals surface area contributed by atoms with Crippen LogP contribution in [-0.2, 0) is 35.1 Å². The number of benzene rings is 2. The van der Waals surface area contributed by atoms with Gasteiger partial charge in [0.25, 0.3) is 0 Å². The number of carbonyl (C=O) groups excluding carboxylic acids is 2. The standard InChI is InChI=1S/C74H105N17O26/c1-5-6-7-8-9-10-11-12-13-24-55(95)83-46(27-40-33-78-44-22-17-15-19-41(40)44)68(110)86-47(29-54(77)94)69(111)88-50(32-61(104)105)70(112)91-63-39(4)117-74(116)51(28-53(93)42-20-14-16-21-43(42)76)89-73(115)62(37(2)26-58(98)99)90-71(113)52(36-92)84-57(97)34-79-65(107)48(30-59(100)101)85-64(106)38(3)81-67(109)49(31-60(102)103)87-66(108)45(23-18-25-75)82-56(96)35-80-72(63)114/h14-17,19-22,33,37-39,45-52,62-63,78,92H,5-13,18,23-32,34-36,75-76H2,1-4H3,(H2,77,94)(H,79,107)(H,80,114)(H,81,109)(H,82,96)(H,83,95)(H,84,97)(H,85,106)(H,86,110)(H,87,108)(H,88,111)(H,89,115)(H,90,113)(H,91,112)(H,98,99)(H,100,101)(H,102,103)(H,104,105)/t37?,38?,39-,45?,46?,47?,48?,49?,50?,51?,52?,62?,63+/m1/s1. The summed E-state index contributed by atoms with van der Waals surface area (Å²) in [5.74, 6) is -27.5. The number of aliphatic hydroxyl groups excluding tert-OH is 15. The molecule has 0 fully saturated rings. The number of nitrogens with one attached hydrogen (secondary N) is 2. The molecule has 0 aliphatic carbocycles. The molecule has 2 heterocycles. The summed E-state index contributed by atoms with van der Waals surface area (Å²) in [4.78, 5) is 132. The van der Waals surface area contributed by atoms with Gasteiger partial charge in [-0.15, -0.1) is 0 Å². The zero-order valence-corrected chi connectivity index (χ0v) is 64.8. The van der Waals surface area contributed by atoms with Crippen molar-refractivity contribution < 1.29 is 131 Å². The molecule has 4 rings (SSSR count). The number of aliphatic carboxylic acids is 4. The summed E-state index contributed by atoms with van der Waals surface area (Å²) in [5.41, 5.74) is 12.7. The van der Waals surface area contributed by atoms with Crippen molar-refractivity contribution >= 4 is 135 Å². The van der Waals surface area contributed by atoms with Gasteiger partial charge in [0.1, 0.15) is 67.5 Å². The number of aromatic nitrogens is 1. The Hall–Kier alpha value is -12.7. The molecule has 1 aliphatic heterocycles. The van der Waals surface area contributed by atoms with Gasteiger partial charge in [-0.1, -0.05) is 95.5 Å². The van der Waals surface area contributed by atoms with E-state index in [1.807, 2.05) is 0 Å². The highest BCUT2D eigenvalue weighted by Crippen LogP contribution is 2.25. The van der Waals surface area contributed by atoms with Gasteiger partial charge >= 0.3 is 29.8 Å². The van der Waals surface area contributed by atoms with Crippen molar-refractivity contribution in [1.29, 1.82) is 5.41 Å². The van der Waals surface area contributed by atoms with Gasteiger partial charge in [-0.25, -0.2) is 69.7 Å². The highest BCUT2D eigenvalue weighted by molar-refractivity contribution is 6.04. The van der Waals surface area contributed by atoms with E-state index < -0.39 is 255 Å². The molecule has 0 saturated heterocycles. The molecule has 0 saturated carbocycles. The van der Waals surface area contributed by atoms with Gasteiger partial charge in [0.15, 0.2) is 35.7 Å². The SMILES string of the molecule is CCCCCCCCCCCC(O)=NC(Cc1c[nH]c2ccccc12)C(O)=NC(CC(=N)O)C(O)=NC(CC(=O)O)C(O)=N[C@@H]1C(O)=NCC(O)=NC(CCCN)C(O)=NC(CC(=O)O)C(O)=NC(C)C(O)=NC(CC(=O)O)C(O)=NCC(O)=NC(CO)C(O)=NC(C(C)CC(=O)O)C(O)=NC(CC(=O)c2ccccc2N)C(=O)O[C@@H]1C. The third-order valence-electron chi connectivity index (χ3n) is 17.6. The lowest BCUT2D eigenvalue weighted by atomic mass is 9.97. The molecule has 0 radical (unpaired) electrons. The quantitative estimate of drug-likeness (QED) is 0.00681. The second-order valence-corrected chi connectivity index (χ2v) is 27.2. The van der Waals surface area contributed by atoms with Crippen molar-refractivity contribution in [3.05, 3.63) is 65.9 Å². The van der Waals surface area contributed by atoms with Gasteiger partial charge in [0.2, 0.25) is 70.8 Å². The fourth-order valence-corrected chi connectivity index (χ4v) is 11.5. The van der Waals surface area contributed by atoms with E-state index >= 15 is 0 Å². The molecule has 25 N–H and O–H groups in total. The second-order valence-electron chi connectivity index (χ2n) is 27.2. The number of esters is 1. The smallest absolute Gasteiger partial charge is 0.331 e. The van der Waals surface area contributed by atoms with Crippen LogP contribution < -0.4 is 11.5 Å². The summed E-state index contributed by atoms with van der Waals surface area (Å²) in [6.45, 7) is 1.43. The van der Waals surface area contributed by atoms with Crippen LogP contribution in [0.2, 0.25) is 0 Å². The molecule has 43 nitrogen and oxygen atoms in total. The predicted molar refractivity (Wildman–Crippen MR) is 436 cm³/mol. The highest BCUT2D eigenvalue weighted by atomic mass is 16.5. The Balaban J connectivity index is 2.09. The number of carboxylic acid groups (broad SMARTS) is 4. The number of anilines is 1. The number of Topliss-reactive ketones (excluding diaryl/α,β-unsaturated/α-hetero) is 1. The summed E-state index contributed by atoms with van der Waals surface area (Å²) in [7, 11) is 0. The number of hydrogen-bond donors (Lipinski definition) is 23. The van der Waals surface area contributed by atoms with Crippen LogP contribution in [0.25, 0.3) is 10.9 Å². The van der Waals surface area contributed by atoms with Crippen LogP contribution in [-0.4, -0.2) is 319 Å². The Morgan fingerprint density at radius 3 is 1.68 bits per heavy atom. The zero-order valence-electron chi connectivity index (χ0n) is 64.8. The fourth-order valence-electron chi connectivity index (χ4n) is 11.5. The van der Waals surface area contributed by atoms with Crippen molar-refractivity contribution in [2.24, 2.45) is 76.6 Å². The van der Waals surface area contributed by atoms with Crippen molar-refractivity contribution in [3.63, 3.8) is 0 Å². The Kier molecular flexibility index (Phi) is 40.6. The maximum absolute atomic E-state index is 14.9. The second kappa shape index (κ2) is 49.2. The number of nitrogens with two attached hydrogens (primary N) is 2. The molecule has 0 bridgehead atoms. The van der Waals surface area contributed by atoms with Crippen molar-refractivity contribution in [1.82, 2.24) is 4.98 Å². The van der Waals surface area contributed by atoms with E-state index in [4.69, 9.17) is 21.6 Å². The van der Waals surface area contributed by atoms with Gasteiger partial charge in [0, 0.05) is 47.6 Å². The monoisotopic (exact) mass is 1650 g/mol. The first-order valence-corrected chi connectivity index (χ1v) is 37.3. The molecular weight excluding hydrogens is 1540 g/mol. The van der Waals surface area contributed by atoms with E-state index in [1.165, 1.54) is 24.3 Å². The minimum Gasteiger partial charge on any atom is -0.497 e. The van der Waals surface area contributed by atoms with E-state index in [1.54, 1.807) is 30.5 Å². The fraction of sp³-hybridized carbons (Fsp3) is 0.541. The average Bonchev–Trinajstić information content (AvgIpc) is 1.75. The molecule has 1 aliphatic rings. The highest BCUT2D eigenvalue weighted by Gasteiger charge is 2.37. The number of carboxylic acids is 4. The summed E-state index contributed by atoms with van der Waals surface area (Å²) in [6.07, 6.45) is 0.834. The summed E-state index contributed by atoms with van der Waals surface area (Å²) >= 11 is 0. The molecular formula is C74H105N17O26. The minimum absolute atomic E-state index is 0.0507. The van der Waals surface area contributed by atoms with Crippen LogP contribution in [0.1, 0.15) is 159 Å². The molecule has 642 valence electrons. The zero-order chi connectivity index (χ0) is 87.2. The topological polar surface area (TPSA) is 748 Å². The molecule has 3 aromatic rings. The first kappa shape index (κ1) is 96.7. The number of aliphatic imine (C=N–C) groups is 13. The first-order chi connectivity index (χ1) is 55.4. The number of H-pyrrole nitrogens is 1. The van der Waals surface area contributed by atoms with Crippen LogP contribution in [0.15, 0.2) is 120 Å². The summed E-state index contributed by atoms with van der Waals surface area (Å²) in [6, 6.07) is -10.1. The minimum atomic E-state index is -2.42. The number of fused-ring (bicyclic) bond motifs is 1. The largest absolute Gasteiger partial charge is 0.497 e. The molecule has 11 unspecified atom stereocenters. The number of nitrogen functional groups attached to an aromatic ring is 1. The normalized spacial score (nSPS) is 21.9. The molecule has 1 aromatic heterocycles. The average molecular weight is 1650 g/mol. The third kappa shape index (κ3) is 33.7. The Morgan fingerprint density at radius 2 is 1.09 bits per heavy atom. The van der Waals surface area contributed by atoms with Crippen LogP contribution in [0.3, 0.4) is 0 Å². The molecule has 13 atom stereocenters. The van der Waals surface area contributed by atoms with E-state index in [0.717, 1.165) is 72.1 Å². The van der Waals surface area contributed by atoms with E-state index in [9.17, 15) is 126 Å². The van der Waals surface area contributed by atoms with Gasteiger partial charge in [-0.05, 0) is 69.3 Å². The Bertz CT molecular complexity index is 4300. The third-order valence-corrected chi connectivity index (χ3v) is 17.6. The number of aromatic amines is 1. The summed E-state index contributed by atoms with van der Waals surface area (Å²) < 4.78 is 5.73. The van der Waals surface area contributed by atoms with Crippen LogP contribution >= 0.6 is 0 Å². The lowest BCUT2D eigenvalue weighted by Gasteiger charge is -2.24. The molecule has 43 heteroatoms. The maximum Gasteiger partial charge on any atom is 0.331 e. The number of para-hydroxylation sites is 2. The Labute approximate surface area is 669 Å². The summed E-state index contributed by atoms with van der Waals surface area (Å²) in [5, 5.41) is 218. The number of ketones is 1. The number of nitrogens with zero attached hydrogens (tertiary/aromatic N) is 13. The number of rotatable bonds is 37. The number of hydrogen-bond acceptors (Lipinski definition) is 24. The van der Waals surface area contributed by atoms with Gasteiger partial charge in [-0.3, -0.25) is 29.4 Å². The number of ether oxygens (including phenoxy) is 1. The first-order valence-electron chi connectivity index (χ1n) is 37.3. The van der Waals surface area contributed by atoms with Crippen molar-refractivity contribution in [3.8, 4) is 0 Å². The van der Waals surface area contributed by atoms with Crippen molar-refractivity contribution in [2.45, 2.75) is 222 Å². The Morgan fingerprint density at radius 1 is 0.564 bits per heavy atom. The lowest BCUT2D eigenvalue weighted by molar-refractivity contribution is -0.150.